The maximum absolute atomic E-state index is 11.7. The summed E-state index contributed by atoms with van der Waals surface area (Å²) in [4.78, 5) is 11.7. The zero-order chi connectivity index (χ0) is 12.8. The molecule has 0 fully saturated rings. The fourth-order valence-electron chi connectivity index (χ4n) is 1.38. The van der Waals surface area contributed by atoms with Crippen LogP contribution in [0.4, 0.5) is 5.69 Å². The van der Waals surface area contributed by atoms with Crippen LogP contribution in [-0.2, 0) is 4.79 Å². The van der Waals surface area contributed by atoms with Crippen molar-refractivity contribution in [2.24, 2.45) is 5.92 Å². The molecule has 1 aromatic rings. The molecule has 4 heteroatoms. The lowest BCUT2D eigenvalue weighted by Crippen LogP contribution is -2.21. The summed E-state index contributed by atoms with van der Waals surface area (Å²) in [5.41, 5.74) is 1.93. The van der Waals surface area contributed by atoms with Gasteiger partial charge in [0.25, 0.3) is 0 Å². The molecule has 0 aliphatic carbocycles. The van der Waals surface area contributed by atoms with Crippen LogP contribution in [0.2, 0.25) is 0 Å². The molecule has 1 N–H and O–H groups in total. The van der Waals surface area contributed by atoms with Gasteiger partial charge in [0.1, 0.15) is 5.92 Å². The van der Waals surface area contributed by atoms with Crippen LogP contribution in [0.5, 0.6) is 0 Å². The van der Waals surface area contributed by atoms with Crippen molar-refractivity contribution < 1.29 is 4.79 Å². The minimum Gasteiger partial charge on any atom is -0.325 e. The molecule has 1 amide bonds. The van der Waals surface area contributed by atoms with Crippen LogP contribution < -0.4 is 5.32 Å². The lowest BCUT2D eigenvalue weighted by molar-refractivity contribution is -0.118. The molecule has 0 saturated carbocycles. The quantitative estimate of drug-likeness (QED) is 0.861. The standard InChI is InChI=1S/C13H13N3O/c1-3-11(8-15)13(17)16-12-6-10(7-14)5-4-9(12)2/h4-6,11H,3H2,1-2H3,(H,16,17). The lowest BCUT2D eigenvalue weighted by Gasteiger charge is -2.10. The van der Waals surface area contributed by atoms with Gasteiger partial charge in [-0.05, 0) is 31.0 Å². The summed E-state index contributed by atoms with van der Waals surface area (Å²) >= 11 is 0. The first kappa shape index (κ1) is 12.7. The van der Waals surface area contributed by atoms with Gasteiger partial charge in [0.15, 0.2) is 0 Å². The molecule has 0 aliphatic heterocycles. The highest BCUT2D eigenvalue weighted by atomic mass is 16.1. The summed E-state index contributed by atoms with van der Waals surface area (Å²) in [5.74, 6) is -0.978. The molecule has 4 nitrogen and oxygen atoms in total. The summed E-state index contributed by atoms with van der Waals surface area (Å²) < 4.78 is 0. The van der Waals surface area contributed by atoms with Crippen LogP contribution in [0.3, 0.4) is 0 Å². The molecule has 1 aromatic carbocycles. The number of carbonyl (C=O) groups excluding carboxylic acids is 1. The Labute approximate surface area is 100 Å². The summed E-state index contributed by atoms with van der Waals surface area (Å²) in [6.45, 7) is 3.62. The van der Waals surface area contributed by atoms with E-state index in [9.17, 15) is 4.79 Å². The Morgan fingerprint density at radius 1 is 1.47 bits per heavy atom. The maximum Gasteiger partial charge on any atom is 0.241 e. The number of carbonyl (C=O) groups is 1. The number of nitriles is 2. The Kier molecular flexibility index (Phi) is 4.25. The fraction of sp³-hybridized carbons (Fsp3) is 0.308. The fourth-order valence-corrected chi connectivity index (χ4v) is 1.38. The minimum absolute atomic E-state index is 0.326. The number of aryl methyl sites for hydroxylation is 1. The highest BCUT2D eigenvalue weighted by Gasteiger charge is 2.16. The summed E-state index contributed by atoms with van der Waals surface area (Å²) in [7, 11) is 0. The number of hydrogen-bond acceptors (Lipinski definition) is 3. The zero-order valence-electron chi connectivity index (χ0n) is 9.82. The minimum atomic E-state index is -0.653. The molecule has 0 bridgehead atoms. The summed E-state index contributed by atoms with van der Waals surface area (Å²) in [6, 6.07) is 9.01. The number of nitrogens with one attached hydrogen (secondary N) is 1. The molecule has 0 aliphatic rings. The van der Waals surface area contributed by atoms with Crippen molar-refractivity contribution in [2.75, 3.05) is 5.32 Å². The molecule has 0 saturated heterocycles. The molecule has 0 aromatic heterocycles. The number of amides is 1. The lowest BCUT2D eigenvalue weighted by atomic mass is 10.1. The molecular formula is C13H13N3O. The van der Waals surface area contributed by atoms with Crippen molar-refractivity contribution in [1.29, 1.82) is 10.5 Å². The van der Waals surface area contributed by atoms with Gasteiger partial charge in [-0.3, -0.25) is 4.79 Å². The van der Waals surface area contributed by atoms with Gasteiger partial charge in [-0.15, -0.1) is 0 Å². The van der Waals surface area contributed by atoms with Crippen molar-refractivity contribution in [3.05, 3.63) is 29.3 Å². The average molecular weight is 227 g/mol. The van der Waals surface area contributed by atoms with Crippen molar-refractivity contribution in [2.45, 2.75) is 20.3 Å². The third-order valence-corrected chi connectivity index (χ3v) is 2.51. The van der Waals surface area contributed by atoms with E-state index in [1.807, 2.05) is 19.1 Å². The molecular weight excluding hydrogens is 214 g/mol. The number of anilines is 1. The van der Waals surface area contributed by atoms with Gasteiger partial charge >= 0.3 is 0 Å². The SMILES string of the molecule is CCC(C#N)C(=O)Nc1cc(C#N)ccc1C. The van der Waals surface area contributed by atoms with E-state index in [4.69, 9.17) is 10.5 Å². The van der Waals surface area contributed by atoms with Gasteiger partial charge in [0.05, 0.1) is 17.7 Å². The Morgan fingerprint density at radius 3 is 2.71 bits per heavy atom. The molecule has 1 rings (SSSR count). The van der Waals surface area contributed by atoms with Crippen LogP contribution in [0.1, 0.15) is 24.5 Å². The number of hydrogen-bond donors (Lipinski definition) is 1. The Hall–Kier alpha value is -2.33. The normalized spacial score (nSPS) is 11.1. The van der Waals surface area contributed by atoms with E-state index in [-0.39, 0.29) is 5.91 Å². The van der Waals surface area contributed by atoms with Gasteiger partial charge < -0.3 is 5.32 Å². The van der Waals surface area contributed by atoms with Crippen molar-refractivity contribution in [1.82, 2.24) is 0 Å². The monoisotopic (exact) mass is 227 g/mol. The molecule has 1 unspecified atom stereocenters. The van der Waals surface area contributed by atoms with Crippen LogP contribution in [-0.4, -0.2) is 5.91 Å². The van der Waals surface area contributed by atoms with E-state index in [1.165, 1.54) is 0 Å². The molecule has 0 radical (unpaired) electrons. The average Bonchev–Trinajstić information content (AvgIpc) is 2.33. The van der Waals surface area contributed by atoms with Crippen LogP contribution >= 0.6 is 0 Å². The van der Waals surface area contributed by atoms with Gasteiger partial charge in [-0.2, -0.15) is 10.5 Å². The Bertz CT molecular complexity index is 508. The second-order valence-electron chi connectivity index (χ2n) is 3.72. The third kappa shape index (κ3) is 3.06. The molecule has 17 heavy (non-hydrogen) atoms. The van der Waals surface area contributed by atoms with E-state index in [1.54, 1.807) is 25.1 Å². The highest BCUT2D eigenvalue weighted by molar-refractivity contribution is 5.94. The predicted molar refractivity (Wildman–Crippen MR) is 63.9 cm³/mol. The van der Waals surface area contributed by atoms with Crippen molar-refractivity contribution in [3.8, 4) is 12.1 Å². The summed E-state index contributed by atoms with van der Waals surface area (Å²) in [5, 5.41) is 20.2. The van der Waals surface area contributed by atoms with Gasteiger partial charge in [-0.1, -0.05) is 13.0 Å². The Balaban J connectivity index is 2.93. The third-order valence-electron chi connectivity index (χ3n) is 2.51. The number of rotatable bonds is 3. The summed E-state index contributed by atoms with van der Waals surface area (Å²) in [6.07, 6.45) is 0.472. The zero-order valence-corrected chi connectivity index (χ0v) is 9.82. The number of nitrogens with zero attached hydrogens (tertiary/aromatic N) is 2. The van der Waals surface area contributed by atoms with E-state index in [0.29, 0.717) is 17.7 Å². The van der Waals surface area contributed by atoms with Crippen LogP contribution in [0.25, 0.3) is 0 Å². The van der Waals surface area contributed by atoms with E-state index < -0.39 is 5.92 Å². The van der Waals surface area contributed by atoms with Gasteiger partial charge in [-0.25, -0.2) is 0 Å². The molecule has 0 heterocycles. The predicted octanol–water partition coefficient (Wildman–Crippen LogP) is 2.35. The van der Waals surface area contributed by atoms with Crippen LogP contribution in [0.15, 0.2) is 18.2 Å². The highest BCUT2D eigenvalue weighted by Crippen LogP contribution is 2.17. The first-order chi connectivity index (χ1) is 8.12. The molecule has 1 atom stereocenters. The first-order valence-corrected chi connectivity index (χ1v) is 5.33. The van der Waals surface area contributed by atoms with Crippen LogP contribution in [0, 0.1) is 35.5 Å². The maximum atomic E-state index is 11.7. The smallest absolute Gasteiger partial charge is 0.241 e. The van der Waals surface area contributed by atoms with Crippen molar-refractivity contribution in [3.63, 3.8) is 0 Å². The Morgan fingerprint density at radius 2 is 2.18 bits per heavy atom. The van der Waals surface area contributed by atoms with Gasteiger partial charge in [0.2, 0.25) is 5.91 Å². The van der Waals surface area contributed by atoms with Crippen molar-refractivity contribution >= 4 is 11.6 Å². The van der Waals surface area contributed by atoms with E-state index >= 15 is 0 Å². The first-order valence-electron chi connectivity index (χ1n) is 5.33. The topological polar surface area (TPSA) is 76.7 Å². The molecule has 86 valence electrons. The second kappa shape index (κ2) is 5.67. The van der Waals surface area contributed by atoms with E-state index in [2.05, 4.69) is 5.32 Å². The number of benzene rings is 1. The van der Waals surface area contributed by atoms with Gasteiger partial charge in [0, 0.05) is 5.69 Å². The second-order valence-corrected chi connectivity index (χ2v) is 3.72. The molecule has 0 spiro atoms. The van der Waals surface area contributed by atoms with E-state index in [0.717, 1.165) is 5.56 Å². The largest absolute Gasteiger partial charge is 0.325 e.